The standard InChI is InChI=1S/C11H19N5/c1-16-5-4-13-10(8-16)7-15-11-3-2-9(12)6-14-11/h2-3,6,10,13H,4-5,7-8,12H2,1H3,(H,14,15). The lowest BCUT2D eigenvalue weighted by Gasteiger charge is -2.31. The number of likely N-dealkylation sites (N-methyl/N-ethyl adjacent to an activating group) is 1. The van der Waals surface area contributed by atoms with E-state index in [0.29, 0.717) is 11.7 Å². The number of rotatable bonds is 3. The van der Waals surface area contributed by atoms with Crippen molar-refractivity contribution < 1.29 is 0 Å². The minimum atomic E-state index is 0.484. The fraction of sp³-hybridized carbons (Fsp3) is 0.545. The molecule has 1 aliphatic rings. The van der Waals surface area contributed by atoms with Crippen LogP contribution in [0.1, 0.15) is 0 Å². The molecule has 1 aromatic heterocycles. The molecule has 1 saturated heterocycles. The number of hydrogen-bond donors (Lipinski definition) is 3. The third-order valence-corrected chi connectivity index (χ3v) is 2.77. The van der Waals surface area contributed by atoms with Gasteiger partial charge in [0.05, 0.1) is 11.9 Å². The van der Waals surface area contributed by atoms with E-state index in [1.807, 2.05) is 12.1 Å². The maximum absolute atomic E-state index is 5.57. The maximum atomic E-state index is 5.57. The molecule has 1 fully saturated rings. The molecule has 0 spiro atoms. The van der Waals surface area contributed by atoms with E-state index in [-0.39, 0.29) is 0 Å². The molecule has 0 aromatic carbocycles. The van der Waals surface area contributed by atoms with E-state index in [0.717, 1.165) is 32.0 Å². The number of hydrogen-bond acceptors (Lipinski definition) is 5. The maximum Gasteiger partial charge on any atom is 0.126 e. The van der Waals surface area contributed by atoms with Crippen LogP contribution >= 0.6 is 0 Å². The van der Waals surface area contributed by atoms with E-state index in [9.17, 15) is 0 Å². The summed E-state index contributed by atoms with van der Waals surface area (Å²) in [5.74, 6) is 0.879. The van der Waals surface area contributed by atoms with E-state index in [2.05, 4.69) is 27.6 Å². The van der Waals surface area contributed by atoms with Gasteiger partial charge in [0, 0.05) is 32.2 Å². The smallest absolute Gasteiger partial charge is 0.126 e. The summed E-state index contributed by atoms with van der Waals surface area (Å²) in [4.78, 5) is 6.54. The van der Waals surface area contributed by atoms with E-state index >= 15 is 0 Å². The summed E-state index contributed by atoms with van der Waals surface area (Å²) in [5, 5.41) is 6.78. The van der Waals surface area contributed by atoms with Crippen LogP contribution in [0, 0.1) is 0 Å². The van der Waals surface area contributed by atoms with Gasteiger partial charge in [-0.15, -0.1) is 0 Å². The van der Waals surface area contributed by atoms with Crippen LogP contribution in [0.2, 0.25) is 0 Å². The second-order valence-electron chi connectivity index (χ2n) is 4.27. The minimum Gasteiger partial charge on any atom is -0.397 e. The van der Waals surface area contributed by atoms with Gasteiger partial charge in [0.25, 0.3) is 0 Å². The number of aromatic nitrogens is 1. The average molecular weight is 221 g/mol. The Morgan fingerprint density at radius 2 is 2.50 bits per heavy atom. The zero-order chi connectivity index (χ0) is 11.4. The highest BCUT2D eigenvalue weighted by Crippen LogP contribution is 2.06. The van der Waals surface area contributed by atoms with Crippen LogP contribution in [0.5, 0.6) is 0 Å². The van der Waals surface area contributed by atoms with Crippen molar-refractivity contribution in [3.05, 3.63) is 18.3 Å². The normalized spacial score (nSPS) is 21.9. The van der Waals surface area contributed by atoms with Gasteiger partial charge >= 0.3 is 0 Å². The molecular weight excluding hydrogens is 202 g/mol. The molecule has 5 nitrogen and oxygen atoms in total. The zero-order valence-electron chi connectivity index (χ0n) is 9.61. The molecular formula is C11H19N5. The quantitative estimate of drug-likeness (QED) is 0.669. The molecule has 0 saturated carbocycles. The Bertz CT molecular complexity index is 324. The zero-order valence-corrected chi connectivity index (χ0v) is 9.61. The summed E-state index contributed by atoms with van der Waals surface area (Å²) in [5.41, 5.74) is 6.27. The molecule has 2 rings (SSSR count). The van der Waals surface area contributed by atoms with Crippen LogP contribution < -0.4 is 16.4 Å². The predicted octanol–water partition coefficient (Wildman–Crippen LogP) is -0.0207. The van der Waals surface area contributed by atoms with Gasteiger partial charge in [-0.25, -0.2) is 4.98 Å². The van der Waals surface area contributed by atoms with Gasteiger partial charge in [-0.05, 0) is 19.2 Å². The number of nitrogen functional groups attached to an aromatic ring is 1. The van der Waals surface area contributed by atoms with Crippen LogP contribution in [-0.2, 0) is 0 Å². The molecule has 1 aromatic rings. The molecule has 5 heteroatoms. The molecule has 0 bridgehead atoms. The van der Waals surface area contributed by atoms with Crippen LogP contribution in [0.25, 0.3) is 0 Å². The van der Waals surface area contributed by atoms with Gasteiger partial charge in [-0.1, -0.05) is 0 Å². The van der Waals surface area contributed by atoms with Gasteiger partial charge in [0.1, 0.15) is 5.82 Å². The molecule has 1 unspecified atom stereocenters. The number of anilines is 2. The number of pyridine rings is 1. The highest BCUT2D eigenvalue weighted by Gasteiger charge is 2.15. The first-order chi connectivity index (χ1) is 7.74. The fourth-order valence-electron chi connectivity index (χ4n) is 1.87. The number of nitrogens with two attached hydrogens (primary N) is 1. The molecule has 0 amide bonds. The Morgan fingerprint density at radius 1 is 1.62 bits per heavy atom. The van der Waals surface area contributed by atoms with Crippen LogP contribution in [0.4, 0.5) is 11.5 Å². The van der Waals surface area contributed by atoms with Crippen molar-refractivity contribution in [3.8, 4) is 0 Å². The topological polar surface area (TPSA) is 66.2 Å². The van der Waals surface area contributed by atoms with Crippen molar-refractivity contribution in [1.82, 2.24) is 15.2 Å². The largest absolute Gasteiger partial charge is 0.397 e. The Morgan fingerprint density at radius 3 is 3.19 bits per heavy atom. The highest BCUT2D eigenvalue weighted by atomic mass is 15.2. The van der Waals surface area contributed by atoms with E-state index in [1.165, 1.54) is 0 Å². The van der Waals surface area contributed by atoms with Crippen LogP contribution in [0.15, 0.2) is 18.3 Å². The average Bonchev–Trinajstić information content (AvgIpc) is 2.28. The molecule has 1 aliphatic heterocycles. The highest BCUT2D eigenvalue weighted by molar-refractivity contribution is 5.43. The molecule has 4 N–H and O–H groups in total. The van der Waals surface area contributed by atoms with Crippen LogP contribution in [0.3, 0.4) is 0 Å². The summed E-state index contributed by atoms with van der Waals surface area (Å²) < 4.78 is 0. The third kappa shape index (κ3) is 3.08. The monoisotopic (exact) mass is 221 g/mol. The summed E-state index contributed by atoms with van der Waals surface area (Å²) in [6, 6.07) is 4.25. The van der Waals surface area contributed by atoms with Crippen molar-refractivity contribution in [2.45, 2.75) is 6.04 Å². The summed E-state index contributed by atoms with van der Waals surface area (Å²) in [6.07, 6.45) is 1.67. The van der Waals surface area contributed by atoms with Gasteiger partial charge in [-0.3, -0.25) is 0 Å². The van der Waals surface area contributed by atoms with Gasteiger partial charge < -0.3 is 21.3 Å². The second kappa shape index (κ2) is 5.14. The summed E-state index contributed by atoms with van der Waals surface area (Å²) in [6.45, 7) is 4.14. The van der Waals surface area contributed by atoms with Crippen molar-refractivity contribution in [2.75, 3.05) is 44.3 Å². The SMILES string of the molecule is CN1CCNC(CNc2ccc(N)cn2)C1. The predicted molar refractivity (Wildman–Crippen MR) is 66.4 cm³/mol. The van der Waals surface area contributed by atoms with Crippen molar-refractivity contribution in [1.29, 1.82) is 0 Å². The van der Waals surface area contributed by atoms with Gasteiger partial charge in [0.15, 0.2) is 0 Å². The first-order valence-electron chi connectivity index (χ1n) is 5.61. The Balaban J connectivity index is 1.80. The van der Waals surface area contributed by atoms with E-state index in [4.69, 9.17) is 5.73 Å². The summed E-state index contributed by atoms with van der Waals surface area (Å²) in [7, 11) is 2.15. The molecule has 0 radical (unpaired) electrons. The Kier molecular flexibility index (Phi) is 3.58. The Hall–Kier alpha value is -1.33. The second-order valence-corrected chi connectivity index (χ2v) is 4.27. The number of piperazine rings is 1. The summed E-state index contributed by atoms with van der Waals surface area (Å²) >= 11 is 0. The van der Waals surface area contributed by atoms with E-state index < -0.39 is 0 Å². The molecule has 88 valence electrons. The first-order valence-corrected chi connectivity index (χ1v) is 5.61. The molecule has 2 heterocycles. The van der Waals surface area contributed by atoms with Gasteiger partial charge in [0.2, 0.25) is 0 Å². The van der Waals surface area contributed by atoms with Crippen molar-refractivity contribution in [2.24, 2.45) is 0 Å². The number of nitrogens with one attached hydrogen (secondary N) is 2. The lowest BCUT2D eigenvalue weighted by atomic mass is 10.2. The first kappa shape index (κ1) is 11.2. The molecule has 0 aliphatic carbocycles. The minimum absolute atomic E-state index is 0.484. The lowest BCUT2D eigenvalue weighted by molar-refractivity contribution is 0.244. The molecule has 1 atom stereocenters. The van der Waals surface area contributed by atoms with E-state index in [1.54, 1.807) is 6.20 Å². The number of nitrogens with zero attached hydrogens (tertiary/aromatic N) is 2. The lowest BCUT2D eigenvalue weighted by Crippen LogP contribution is -2.51. The van der Waals surface area contributed by atoms with Crippen LogP contribution in [-0.4, -0.2) is 49.2 Å². The fourth-order valence-corrected chi connectivity index (χ4v) is 1.87. The third-order valence-electron chi connectivity index (χ3n) is 2.77. The van der Waals surface area contributed by atoms with Crippen molar-refractivity contribution in [3.63, 3.8) is 0 Å². The molecule has 16 heavy (non-hydrogen) atoms. The van der Waals surface area contributed by atoms with Crippen molar-refractivity contribution >= 4 is 11.5 Å². The Labute approximate surface area is 96.0 Å². The van der Waals surface area contributed by atoms with Gasteiger partial charge in [-0.2, -0.15) is 0 Å².